The van der Waals surface area contributed by atoms with Crippen LogP contribution in [0.2, 0.25) is 0 Å². The van der Waals surface area contributed by atoms with Crippen LogP contribution in [0.25, 0.3) is 22.2 Å². The molecule has 2 aromatic carbocycles. The number of amides is 1. The van der Waals surface area contributed by atoms with Gasteiger partial charge in [-0.1, -0.05) is 18.9 Å². The van der Waals surface area contributed by atoms with E-state index in [0.29, 0.717) is 23.6 Å². The molecule has 8 heteroatoms. The number of fused-ring (bicyclic) bond motifs is 3. The van der Waals surface area contributed by atoms with Gasteiger partial charge in [-0.3, -0.25) is 19.8 Å². The molecule has 3 aliphatic rings. The van der Waals surface area contributed by atoms with Crippen LogP contribution < -0.4 is 10.1 Å². The lowest BCUT2D eigenvalue weighted by atomic mass is 9.92. The zero-order valence-electron chi connectivity index (χ0n) is 23.5. The summed E-state index contributed by atoms with van der Waals surface area (Å²) >= 11 is 0. The van der Waals surface area contributed by atoms with Crippen molar-refractivity contribution in [2.45, 2.75) is 62.8 Å². The van der Waals surface area contributed by atoms with E-state index in [1.54, 1.807) is 6.20 Å². The third kappa shape index (κ3) is 5.34. The molecule has 0 spiro atoms. The van der Waals surface area contributed by atoms with E-state index in [9.17, 15) is 4.79 Å². The Kier molecular flexibility index (Phi) is 7.19. The van der Waals surface area contributed by atoms with Crippen LogP contribution in [0.1, 0.15) is 60.6 Å². The molecule has 3 fully saturated rings. The molecule has 4 heterocycles. The van der Waals surface area contributed by atoms with Crippen molar-refractivity contribution in [2.75, 3.05) is 20.3 Å². The second kappa shape index (κ2) is 11.3. The predicted molar refractivity (Wildman–Crippen MR) is 158 cm³/mol. The molecule has 0 radical (unpaired) electrons. The third-order valence-electron chi connectivity index (χ3n) is 9.26. The Morgan fingerprint density at radius 3 is 2.56 bits per heavy atom. The number of nitrogens with zero attached hydrogens (tertiary/aromatic N) is 3. The maximum atomic E-state index is 13.5. The number of rotatable bonds is 7. The molecule has 41 heavy (non-hydrogen) atoms. The summed E-state index contributed by atoms with van der Waals surface area (Å²) in [4.78, 5) is 20.5. The summed E-state index contributed by atoms with van der Waals surface area (Å²) in [6, 6.07) is 20.6. The number of nitrogens with one attached hydrogen (secondary N) is 2. The topological polar surface area (TPSA) is 92.4 Å². The molecule has 7 rings (SSSR count). The normalized spacial score (nSPS) is 23.9. The second-order valence-corrected chi connectivity index (χ2v) is 11.8. The minimum Gasteiger partial charge on any atom is -0.490 e. The molecule has 2 aliphatic heterocycles. The van der Waals surface area contributed by atoms with E-state index in [1.807, 2.05) is 60.7 Å². The summed E-state index contributed by atoms with van der Waals surface area (Å²) in [6.07, 6.45) is 8.58. The van der Waals surface area contributed by atoms with Crippen molar-refractivity contribution < 1.29 is 14.3 Å². The Bertz CT molecular complexity index is 1480. The Morgan fingerprint density at radius 2 is 1.83 bits per heavy atom. The van der Waals surface area contributed by atoms with Crippen LogP contribution >= 0.6 is 0 Å². The molecule has 3 unspecified atom stereocenters. The fraction of sp³-hybridized carbons (Fsp3) is 0.424. The molecular formula is C33H37N5O3. The molecule has 2 saturated heterocycles. The first-order valence-electron chi connectivity index (χ1n) is 14.9. The maximum absolute atomic E-state index is 13.5. The van der Waals surface area contributed by atoms with Gasteiger partial charge in [-0.25, -0.2) is 0 Å². The number of likely N-dealkylation sites (N-methyl/N-ethyl adjacent to an activating group) is 1. The third-order valence-corrected chi connectivity index (χ3v) is 9.26. The van der Waals surface area contributed by atoms with Gasteiger partial charge in [-0.2, -0.15) is 5.10 Å². The molecule has 3 atom stereocenters. The van der Waals surface area contributed by atoms with Crippen LogP contribution in [0.4, 0.5) is 0 Å². The van der Waals surface area contributed by atoms with Crippen molar-refractivity contribution in [3.63, 3.8) is 0 Å². The molecule has 1 amide bonds. The monoisotopic (exact) mass is 551 g/mol. The molecule has 2 N–H and O–H groups in total. The number of aromatic amines is 1. The number of hydrogen-bond donors (Lipinski definition) is 2. The van der Waals surface area contributed by atoms with Crippen LogP contribution in [-0.2, 0) is 4.74 Å². The number of morpholine rings is 1. The van der Waals surface area contributed by atoms with E-state index in [1.165, 1.54) is 12.8 Å². The highest BCUT2D eigenvalue weighted by atomic mass is 16.5. The van der Waals surface area contributed by atoms with Crippen molar-refractivity contribution in [1.82, 2.24) is 25.4 Å². The molecule has 1 aliphatic carbocycles. The first-order valence-corrected chi connectivity index (χ1v) is 14.9. The number of carbonyl (C=O) groups excluding carboxylic acids is 1. The summed E-state index contributed by atoms with van der Waals surface area (Å²) in [5, 5.41) is 12.0. The molecule has 1 saturated carbocycles. The number of aromatic nitrogens is 3. The summed E-state index contributed by atoms with van der Waals surface area (Å²) in [5.74, 6) is 1.19. The highest BCUT2D eigenvalue weighted by molar-refractivity contribution is 6.01. The van der Waals surface area contributed by atoms with Crippen molar-refractivity contribution in [3.05, 3.63) is 78.1 Å². The Labute approximate surface area is 240 Å². The maximum Gasteiger partial charge on any atom is 0.251 e. The minimum absolute atomic E-state index is 0.0846. The zero-order valence-corrected chi connectivity index (χ0v) is 23.5. The van der Waals surface area contributed by atoms with Gasteiger partial charge in [0.05, 0.1) is 36.2 Å². The lowest BCUT2D eigenvalue weighted by molar-refractivity contribution is -0.0879. The van der Waals surface area contributed by atoms with Crippen LogP contribution in [0, 0.1) is 5.92 Å². The van der Waals surface area contributed by atoms with E-state index in [0.717, 1.165) is 72.5 Å². The summed E-state index contributed by atoms with van der Waals surface area (Å²) in [7, 11) is 2.20. The van der Waals surface area contributed by atoms with Crippen LogP contribution in [0.15, 0.2) is 66.9 Å². The average molecular weight is 552 g/mol. The van der Waals surface area contributed by atoms with Gasteiger partial charge in [0.1, 0.15) is 11.9 Å². The van der Waals surface area contributed by atoms with E-state index in [2.05, 4.69) is 32.4 Å². The van der Waals surface area contributed by atoms with Gasteiger partial charge in [-0.15, -0.1) is 0 Å². The summed E-state index contributed by atoms with van der Waals surface area (Å²) < 4.78 is 12.1. The number of H-pyrrole nitrogens is 1. The van der Waals surface area contributed by atoms with Gasteiger partial charge in [0.15, 0.2) is 0 Å². The lowest BCUT2D eigenvalue weighted by Gasteiger charge is -2.46. The molecule has 2 bridgehead atoms. The Morgan fingerprint density at radius 1 is 1.05 bits per heavy atom. The van der Waals surface area contributed by atoms with E-state index in [4.69, 9.17) is 9.47 Å². The number of hydrogen-bond acceptors (Lipinski definition) is 6. The number of pyridine rings is 1. The first-order chi connectivity index (χ1) is 20.1. The lowest BCUT2D eigenvalue weighted by Crippen LogP contribution is -2.57. The smallest absolute Gasteiger partial charge is 0.251 e. The molecule has 2 aromatic heterocycles. The highest BCUT2D eigenvalue weighted by Gasteiger charge is 2.37. The molecule has 4 aromatic rings. The highest BCUT2D eigenvalue weighted by Crippen LogP contribution is 2.36. The van der Waals surface area contributed by atoms with Crippen molar-refractivity contribution in [1.29, 1.82) is 0 Å². The van der Waals surface area contributed by atoms with Gasteiger partial charge in [0.2, 0.25) is 0 Å². The number of carbonyl (C=O) groups is 1. The fourth-order valence-electron chi connectivity index (χ4n) is 6.91. The largest absolute Gasteiger partial charge is 0.490 e. The number of ether oxygens (including phenoxy) is 2. The molecule has 8 nitrogen and oxygen atoms in total. The Balaban J connectivity index is 1.08. The summed E-state index contributed by atoms with van der Waals surface area (Å²) in [6.45, 7) is 1.56. The zero-order chi connectivity index (χ0) is 27.8. The van der Waals surface area contributed by atoms with Crippen LogP contribution in [0.3, 0.4) is 0 Å². The van der Waals surface area contributed by atoms with Gasteiger partial charge < -0.3 is 14.8 Å². The van der Waals surface area contributed by atoms with Gasteiger partial charge >= 0.3 is 0 Å². The molecule has 212 valence electrons. The van der Waals surface area contributed by atoms with Gasteiger partial charge in [0, 0.05) is 47.6 Å². The molecular weight excluding hydrogens is 514 g/mol. The van der Waals surface area contributed by atoms with Gasteiger partial charge in [0.25, 0.3) is 5.91 Å². The van der Waals surface area contributed by atoms with Crippen LogP contribution in [0.5, 0.6) is 5.75 Å². The average Bonchev–Trinajstić information content (AvgIpc) is 3.68. The minimum atomic E-state index is -0.0880. The second-order valence-electron chi connectivity index (χ2n) is 11.8. The SMILES string of the molecule is CN1C2COCC1CC(Oc1ccc(-c3n[nH]c4ccc(C(=O)NC(c5ccccn5)C5CCCC5)cc34)cc1)C2. The standard InChI is InChI=1S/C33H37N5O3/c1-38-24-17-27(18-25(38)20-40-19-24)41-26-12-9-22(10-13-26)31-28-16-23(11-14-29(28)36-37-31)33(39)35-32(21-6-2-3-7-21)30-8-4-5-15-34-30/h4-5,8-16,21,24-25,27,32H,2-3,6-7,17-20H2,1H3,(H,35,39)(H,36,37). The van der Waals surface area contributed by atoms with Crippen molar-refractivity contribution in [3.8, 4) is 17.0 Å². The van der Waals surface area contributed by atoms with Crippen LogP contribution in [-0.4, -0.2) is 64.4 Å². The number of benzene rings is 2. The fourth-order valence-corrected chi connectivity index (χ4v) is 6.91. The van der Waals surface area contributed by atoms with E-state index < -0.39 is 0 Å². The quantitative estimate of drug-likeness (QED) is 0.314. The van der Waals surface area contributed by atoms with E-state index >= 15 is 0 Å². The first kappa shape index (κ1) is 26.2. The summed E-state index contributed by atoms with van der Waals surface area (Å²) in [5.41, 5.74) is 4.25. The van der Waals surface area contributed by atoms with Crippen molar-refractivity contribution >= 4 is 16.8 Å². The number of piperidine rings is 1. The van der Waals surface area contributed by atoms with Crippen molar-refractivity contribution in [2.24, 2.45) is 5.92 Å². The predicted octanol–water partition coefficient (Wildman–Crippen LogP) is 5.53. The van der Waals surface area contributed by atoms with E-state index in [-0.39, 0.29) is 18.1 Å². The Hall–Kier alpha value is -3.75. The van der Waals surface area contributed by atoms with Gasteiger partial charge in [-0.05, 0) is 80.4 Å².